The summed E-state index contributed by atoms with van der Waals surface area (Å²) in [6.07, 6.45) is 1.51. The Balaban J connectivity index is 0.00000417. The van der Waals surface area contributed by atoms with Crippen LogP contribution in [0.5, 0.6) is 5.75 Å². The number of aromatic nitrogens is 1. The molecule has 0 fully saturated rings. The van der Waals surface area contributed by atoms with Crippen LogP contribution in [-0.4, -0.2) is 29.4 Å². The molecule has 2 aromatic heterocycles. The molecule has 46 heavy (non-hydrogen) atoms. The van der Waals surface area contributed by atoms with Crippen LogP contribution in [0.1, 0.15) is 32.6 Å². The minimum atomic E-state index is -0.523. The summed E-state index contributed by atoms with van der Waals surface area (Å²) >= 11 is 1.43. The first kappa shape index (κ1) is 32.8. The van der Waals surface area contributed by atoms with Crippen molar-refractivity contribution >= 4 is 39.7 Å². The summed E-state index contributed by atoms with van der Waals surface area (Å²) in [4.78, 5) is 31.8. The van der Waals surface area contributed by atoms with Gasteiger partial charge in [-0.15, -0.1) is 23.7 Å². The van der Waals surface area contributed by atoms with Gasteiger partial charge in [0.05, 0.1) is 24.6 Å². The molecule has 0 saturated heterocycles. The minimum absolute atomic E-state index is 0. The molecule has 6 aromatic rings. The number of nitrogens with zero attached hydrogens (tertiary/aromatic N) is 2. The number of ketones is 1. The summed E-state index contributed by atoms with van der Waals surface area (Å²) in [6.45, 7) is 1.16. The first-order chi connectivity index (χ1) is 21.8. The maximum atomic E-state index is 14.9. The number of carbonyl (C=O) groups is 1. The van der Waals surface area contributed by atoms with Gasteiger partial charge in [0.15, 0.2) is 5.78 Å². The molecule has 0 aliphatic heterocycles. The van der Waals surface area contributed by atoms with E-state index in [1.165, 1.54) is 47.9 Å². The molecule has 0 N–H and O–H groups in total. The van der Waals surface area contributed by atoms with Gasteiger partial charge in [0.1, 0.15) is 22.2 Å². The summed E-state index contributed by atoms with van der Waals surface area (Å²) < 4.78 is 35.8. The van der Waals surface area contributed by atoms with Crippen molar-refractivity contribution in [2.45, 2.75) is 19.6 Å². The van der Waals surface area contributed by atoms with Gasteiger partial charge < -0.3 is 9.30 Å². The van der Waals surface area contributed by atoms with E-state index >= 15 is 0 Å². The smallest absolute Gasteiger partial charge is 0.201 e. The fraction of sp³-hybridized carbons (Fsp3) is 0.135. The van der Waals surface area contributed by atoms with Crippen LogP contribution in [0.2, 0.25) is 0 Å². The lowest BCUT2D eigenvalue weighted by Crippen LogP contribution is -2.22. The number of carbonyl (C=O) groups excluding carboxylic acids is 1. The summed E-state index contributed by atoms with van der Waals surface area (Å²) in [5.41, 5.74) is 2.93. The highest BCUT2D eigenvalue weighted by Gasteiger charge is 2.25. The van der Waals surface area contributed by atoms with Crippen LogP contribution in [-0.2, 0) is 19.6 Å². The van der Waals surface area contributed by atoms with Crippen molar-refractivity contribution in [1.29, 1.82) is 0 Å². The number of halogens is 3. The molecule has 0 aliphatic carbocycles. The van der Waals surface area contributed by atoms with Crippen LogP contribution < -0.4 is 10.2 Å². The van der Waals surface area contributed by atoms with E-state index in [1.54, 1.807) is 29.9 Å². The monoisotopic (exact) mass is 656 g/mol. The lowest BCUT2D eigenvalue weighted by atomic mass is 10.00. The van der Waals surface area contributed by atoms with Gasteiger partial charge in [-0.05, 0) is 78.3 Å². The molecule has 0 atom stereocenters. The molecule has 234 valence electrons. The highest BCUT2D eigenvalue weighted by Crippen LogP contribution is 2.39. The molecule has 0 spiro atoms. The van der Waals surface area contributed by atoms with Crippen molar-refractivity contribution in [3.63, 3.8) is 0 Å². The van der Waals surface area contributed by atoms with Crippen LogP contribution in [0.15, 0.2) is 114 Å². The van der Waals surface area contributed by atoms with E-state index in [-0.39, 0.29) is 35.9 Å². The zero-order valence-electron chi connectivity index (χ0n) is 25.2. The number of hydrogen-bond acceptors (Lipinski definition) is 5. The van der Waals surface area contributed by atoms with Crippen LogP contribution in [0, 0.1) is 11.6 Å². The zero-order valence-corrected chi connectivity index (χ0v) is 26.8. The fourth-order valence-corrected chi connectivity index (χ4v) is 6.78. The van der Waals surface area contributed by atoms with Crippen LogP contribution >= 0.6 is 23.7 Å². The quantitative estimate of drug-likeness (QED) is 0.139. The first-order valence-electron chi connectivity index (χ1n) is 14.4. The molecule has 0 radical (unpaired) electrons. The van der Waals surface area contributed by atoms with Gasteiger partial charge in [-0.1, -0.05) is 48.5 Å². The van der Waals surface area contributed by atoms with E-state index in [9.17, 15) is 18.4 Å². The summed E-state index contributed by atoms with van der Waals surface area (Å²) in [6, 6.07) is 29.2. The highest BCUT2D eigenvalue weighted by atomic mass is 35.5. The summed E-state index contributed by atoms with van der Waals surface area (Å²) in [5, 5.41) is 0.412. The van der Waals surface area contributed by atoms with Gasteiger partial charge in [0.25, 0.3) is 0 Å². The molecule has 0 bridgehead atoms. The lowest BCUT2D eigenvalue weighted by molar-refractivity contribution is 0.103. The molecule has 6 rings (SSSR count). The molecular formula is C37H31ClF2N2O3S. The Morgan fingerprint density at radius 3 is 2.22 bits per heavy atom. The van der Waals surface area contributed by atoms with Crippen molar-refractivity contribution in [2.24, 2.45) is 0 Å². The van der Waals surface area contributed by atoms with Gasteiger partial charge in [-0.3, -0.25) is 14.5 Å². The summed E-state index contributed by atoms with van der Waals surface area (Å²) in [5.74, 6) is -0.686. The predicted molar refractivity (Wildman–Crippen MR) is 182 cm³/mol. The molecule has 4 aromatic carbocycles. The number of ether oxygens (including phenoxy) is 1. The topological polar surface area (TPSA) is 51.5 Å². The largest absolute Gasteiger partial charge is 0.497 e. The van der Waals surface area contributed by atoms with E-state index in [0.29, 0.717) is 34.6 Å². The third kappa shape index (κ3) is 6.79. The Bertz CT molecular complexity index is 2040. The molecule has 9 heteroatoms. The van der Waals surface area contributed by atoms with Gasteiger partial charge in [-0.25, -0.2) is 8.78 Å². The Kier molecular flexibility index (Phi) is 10.1. The maximum Gasteiger partial charge on any atom is 0.201 e. The maximum absolute atomic E-state index is 14.9. The Morgan fingerprint density at radius 1 is 0.870 bits per heavy atom. The van der Waals surface area contributed by atoms with Crippen molar-refractivity contribution in [2.75, 3.05) is 14.2 Å². The average Bonchev–Trinajstić information content (AvgIpc) is 3.43. The normalized spacial score (nSPS) is 11.1. The Hall–Kier alpha value is -4.63. The number of benzene rings is 4. The number of pyridine rings is 1. The standard InChI is InChI=1S/C37H30F2N2O3S.ClH/c1-40(20-24-8-4-3-5-9-24)22-30-33-35(43)31(34(42)25-12-16-28(38)17-13-25)23-41(21-27-10-6-7-11-32(27)39)37(33)45-36(30)26-14-18-29(44-2)19-15-26;/h3-19,23H,20-22H2,1-2H3;1H. The fourth-order valence-electron chi connectivity index (χ4n) is 5.49. The van der Waals surface area contributed by atoms with Crippen molar-refractivity contribution in [1.82, 2.24) is 9.47 Å². The van der Waals surface area contributed by atoms with Crippen molar-refractivity contribution < 1.29 is 18.3 Å². The van der Waals surface area contributed by atoms with Crippen LogP contribution in [0.25, 0.3) is 20.7 Å². The second-order valence-electron chi connectivity index (χ2n) is 10.9. The van der Waals surface area contributed by atoms with E-state index in [4.69, 9.17) is 4.74 Å². The first-order valence-corrected chi connectivity index (χ1v) is 15.2. The third-order valence-corrected chi connectivity index (χ3v) is 9.05. The molecule has 0 amide bonds. The summed E-state index contributed by atoms with van der Waals surface area (Å²) in [7, 11) is 3.59. The minimum Gasteiger partial charge on any atom is -0.497 e. The molecule has 0 aliphatic rings. The van der Waals surface area contributed by atoms with Gasteiger partial charge in [0.2, 0.25) is 5.43 Å². The predicted octanol–water partition coefficient (Wildman–Crippen LogP) is 8.35. The van der Waals surface area contributed by atoms with Gasteiger partial charge in [0, 0.05) is 35.3 Å². The molecule has 0 unspecified atom stereocenters. The Morgan fingerprint density at radius 2 is 1.54 bits per heavy atom. The average molecular weight is 657 g/mol. The Labute approximate surface area is 275 Å². The zero-order chi connectivity index (χ0) is 31.5. The highest BCUT2D eigenvalue weighted by molar-refractivity contribution is 7.22. The van der Waals surface area contributed by atoms with Crippen molar-refractivity contribution in [3.8, 4) is 16.2 Å². The molecular weight excluding hydrogens is 626 g/mol. The number of rotatable bonds is 10. The second kappa shape index (κ2) is 14.2. The third-order valence-electron chi connectivity index (χ3n) is 7.73. The molecule has 5 nitrogen and oxygen atoms in total. The van der Waals surface area contributed by atoms with E-state index in [0.717, 1.165) is 21.6 Å². The lowest BCUT2D eigenvalue weighted by Gasteiger charge is -2.18. The number of methoxy groups -OCH3 is 1. The van der Waals surface area contributed by atoms with E-state index in [1.807, 2.05) is 61.6 Å². The van der Waals surface area contributed by atoms with E-state index < -0.39 is 17.0 Å². The van der Waals surface area contributed by atoms with E-state index in [2.05, 4.69) is 4.90 Å². The molecule has 2 heterocycles. The molecule has 0 saturated carbocycles. The van der Waals surface area contributed by atoms with Crippen LogP contribution in [0.3, 0.4) is 0 Å². The second-order valence-corrected chi connectivity index (χ2v) is 11.9. The van der Waals surface area contributed by atoms with Gasteiger partial charge in [-0.2, -0.15) is 0 Å². The van der Waals surface area contributed by atoms with Crippen LogP contribution in [0.4, 0.5) is 8.78 Å². The SMILES string of the molecule is COc1ccc(-c2sc3c(c2CN(C)Cc2ccccc2)c(=O)c(C(=O)c2ccc(F)cc2)cn3Cc2ccccc2F)cc1.Cl. The van der Waals surface area contributed by atoms with Crippen molar-refractivity contribution in [3.05, 3.63) is 159 Å². The number of thiophene rings is 1. The number of hydrogen-bond donors (Lipinski definition) is 0. The number of fused-ring (bicyclic) bond motifs is 1. The van der Waals surface area contributed by atoms with Gasteiger partial charge >= 0.3 is 0 Å².